The third kappa shape index (κ3) is 3.92. The molecule has 2 aliphatic heterocycles. The van der Waals surface area contributed by atoms with E-state index < -0.39 is 5.60 Å². The number of para-hydroxylation sites is 1. The predicted octanol–water partition coefficient (Wildman–Crippen LogP) is 3.41. The second-order valence-corrected chi connectivity index (χ2v) is 7.68. The van der Waals surface area contributed by atoms with Crippen molar-refractivity contribution >= 4 is 11.7 Å². The molecule has 1 fully saturated rings. The van der Waals surface area contributed by atoms with Crippen LogP contribution in [-0.4, -0.2) is 49.0 Å². The van der Waals surface area contributed by atoms with Crippen molar-refractivity contribution in [1.82, 2.24) is 4.90 Å². The summed E-state index contributed by atoms with van der Waals surface area (Å²) < 4.78 is 17.1. The van der Waals surface area contributed by atoms with Crippen molar-refractivity contribution < 1.29 is 23.8 Å². The summed E-state index contributed by atoms with van der Waals surface area (Å²) in [6.07, 6.45) is 1.58. The zero-order valence-corrected chi connectivity index (χ0v) is 16.8. The SMILES string of the molecule is COc1ccc2c(c1)C(=O)CC1(CCN(C(=O)COc3ccccc3C)CC1)O2. The third-order valence-electron chi connectivity index (χ3n) is 5.77. The van der Waals surface area contributed by atoms with Gasteiger partial charge in [-0.15, -0.1) is 0 Å². The molecule has 1 saturated heterocycles. The van der Waals surface area contributed by atoms with Crippen molar-refractivity contribution in [1.29, 1.82) is 0 Å². The molecule has 29 heavy (non-hydrogen) atoms. The molecule has 6 heteroatoms. The van der Waals surface area contributed by atoms with E-state index in [0.29, 0.717) is 49.4 Å². The van der Waals surface area contributed by atoms with E-state index in [1.165, 1.54) is 0 Å². The summed E-state index contributed by atoms with van der Waals surface area (Å²) >= 11 is 0. The van der Waals surface area contributed by atoms with Gasteiger partial charge in [-0.05, 0) is 36.8 Å². The van der Waals surface area contributed by atoms with Crippen molar-refractivity contribution in [2.24, 2.45) is 0 Å². The van der Waals surface area contributed by atoms with Crippen LogP contribution < -0.4 is 14.2 Å². The van der Waals surface area contributed by atoms with Gasteiger partial charge < -0.3 is 19.1 Å². The molecule has 0 aliphatic carbocycles. The van der Waals surface area contributed by atoms with Crippen LogP contribution in [-0.2, 0) is 4.79 Å². The molecule has 4 rings (SSSR count). The number of benzene rings is 2. The highest BCUT2D eigenvalue weighted by molar-refractivity contribution is 6.00. The van der Waals surface area contributed by atoms with Gasteiger partial charge in [0.15, 0.2) is 12.4 Å². The number of fused-ring (bicyclic) bond motifs is 1. The van der Waals surface area contributed by atoms with E-state index in [0.717, 1.165) is 11.3 Å². The summed E-state index contributed by atoms with van der Waals surface area (Å²) in [4.78, 5) is 27.1. The van der Waals surface area contributed by atoms with Gasteiger partial charge in [0.2, 0.25) is 0 Å². The number of carbonyl (C=O) groups excluding carboxylic acids is 2. The molecular formula is C23H25NO5. The first-order chi connectivity index (χ1) is 14.0. The number of Topliss-reactive ketones (excluding diaryl/α,β-unsaturated/α-hetero) is 1. The Morgan fingerprint density at radius 3 is 2.66 bits per heavy atom. The number of rotatable bonds is 4. The molecule has 2 aromatic rings. The maximum atomic E-state index is 12.7. The summed E-state index contributed by atoms with van der Waals surface area (Å²) in [5.41, 5.74) is 1.04. The molecule has 0 bridgehead atoms. The number of piperidine rings is 1. The number of methoxy groups -OCH3 is 1. The highest BCUT2D eigenvalue weighted by Crippen LogP contribution is 2.40. The topological polar surface area (TPSA) is 65.1 Å². The molecule has 0 saturated carbocycles. The summed E-state index contributed by atoms with van der Waals surface area (Å²) in [6.45, 7) is 3.07. The van der Waals surface area contributed by atoms with Gasteiger partial charge >= 0.3 is 0 Å². The number of hydrogen-bond donors (Lipinski definition) is 0. The Hall–Kier alpha value is -3.02. The molecule has 0 N–H and O–H groups in total. The van der Waals surface area contributed by atoms with E-state index in [4.69, 9.17) is 14.2 Å². The van der Waals surface area contributed by atoms with Crippen LogP contribution in [0, 0.1) is 6.92 Å². The van der Waals surface area contributed by atoms with Crippen molar-refractivity contribution in [3.8, 4) is 17.2 Å². The van der Waals surface area contributed by atoms with E-state index >= 15 is 0 Å². The molecule has 0 atom stereocenters. The number of aryl methyl sites for hydroxylation is 1. The molecule has 0 radical (unpaired) electrons. The highest BCUT2D eigenvalue weighted by atomic mass is 16.5. The minimum atomic E-state index is -0.535. The average molecular weight is 395 g/mol. The highest BCUT2D eigenvalue weighted by Gasteiger charge is 2.43. The van der Waals surface area contributed by atoms with Crippen molar-refractivity contribution in [2.75, 3.05) is 26.8 Å². The van der Waals surface area contributed by atoms with Gasteiger partial charge in [-0.3, -0.25) is 9.59 Å². The number of likely N-dealkylation sites (tertiary alicyclic amines) is 1. The van der Waals surface area contributed by atoms with Gasteiger partial charge in [0.05, 0.1) is 19.1 Å². The molecule has 0 aromatic heterocycles. The number of ketones is 1. The molecule has 2 aromatic carbocycles. The molecule has 6 nitrogen and oxygen atoms in total. The second kappa shape index (κ2) is 7.78. The van der Waals surface area contributed by atoms with Crippen LogP contribution in [0.4, 0.5) is 0 Å². The number of amides is 1. The van der Waals surface area contributed by atoms with Crippen LogP contribution in [0.3, 0.4) is 0 Å². The van der Waals surface area contributed by atoms with E-state index in [1.807, 2.05) is 31.2 Å². The summed E-state index contributed by atoms with van der Waals surface area (Å²) in [6, 6.07) is 13.0. The van der Waals surface area contributed by atoms with E-state index in [2.05, 4.69) is 0 Å². The Morgan fingerprint density at radius 2 is 1.93 bits per heavy atom. The standard InChI is InChI=1S/C23H25NO5/c1-16-5-3-4-6-20(16)28-15-22(26)24-11-9-23(10-12-24)14-19(25)18-13-17(27-2)7-8-21(18)29-23/h3-8,13H,9-12,14-15H2,1-2H3. The lowest BCUT2D eigenvalue weighted by Gasteiger charge is -2.43. The molecule has 152 valence electrons. The quantitative estimate of drug-likeness (QED) is 0.794. The van der Waals surface area contributed by atoms with Crippen molar-refractivity contribution in [3.63, 3.8) is 0 Å². The van der Waals surface area contributed by atoms with Crippen LogP contribution in [0.25, 0.3) is 0 Å². The lowest BCUT2D eigenvalue weighted by atomic mass is 9.82. The van der Waals surface area contributed by atoms with Gasteiger partial charge in [-0.25, -0.2) is 0 Å². The monoisotopic (exact) mass is 395 g/mol. The fourth-order valence-electron chi connectivity index (χ4n) is 3.99. The summed E-state index contributed by atoms with van der Waals surface area (Å²) in [5, 5.41) is 0. The number of hydrogen-bond acceptors (Lipinski definition) is 5. The van der Waals surface area contributed by atoms with Gasteiger partial charge in [-0.1, -0.05) is 18.2 Å². The zero-order chi connectivity index (χ0) is 20.4. The van der Waals surface area contributed by atoms with Gasteiger partial charge in [-0.2, -0.15) is 0 Å². The minimum absolute atomic E-state index is 0.0142. The minimum Gasteiger partial charge on any atom is -0.497 e. The van der Waals surface area contributed by atoms with Crippen LogP contribution in [0.15, 0.2) is 42.5 Å². The first kappa shape index (κ1) is 19.3. The fraction of sp³-hybridized carbons (Fsp3) is 0.391. The van der Waals surface area contributed by atoms with Crippen molar-refractivity contribution in [2.45, 2.75) is 31.8 Å². The molecule has 1 spiro atoms. The lowest BCUT2D eigenvalue weighted by molar-refractivity contribution is -0.136. The normalized spacial score (nSPS) is 17.4. The van der Waals surface area contributed by atoms with Crippen molar-refractivity contribution in [3.05, 3.63) is 53.6 Å². The summed E-state index contributed by atoms with van der Waals surface area (Å²) in [5.74, 6) is 1.99. The van der Waals surface area contributed by atoms with Crippen LogP contribution in [0.5, 0.6) is 17.2 Å². The smallest absolute Gasteiger partial charge is 0.260 e. The Bertz CT molecular complexity index is 931. The molecule has 0 unspecified atom stereocenters. The third-order valence-corrected chi connectivity index (χ3v) is 5.77. The van der Waals surface area contributed by atoms with E-state index in [9.17, 15) is 9.59 Å². The van der Waals surface area contributed by atoms with Crippen LogP contribution in [0.2, 0.25) is 0 Å². The Kier molecular flexibility index (Phi) is 5.18. The first-order valence-corrected chi connectivity index (χ1v) is 9.86. The Labute approximate surface area is 170 Å². The summed E-state index contributed by atoms with van der Waals surface area (Å²) in [7, 11) is 1.58. The number of nitrogens with zero attached hydrogens (tertiary/aromatic N) is 1. The van der Waals surface area contributed by atoms with Crippen LogP contribution in [0.1, 0.15) is 35.2 Å². The predicted molar refractivity (Wildman–Crippen MR) is 108 cm³/mol. The Morgan fingerprint density at radius 1 is 1.17 bits per heavy atom. The largest absolute Gasteiger partial charge is 0.497 e. The van der Waals surface area contributed by atoms with Gasteiger partial charge in [0.1, 0.15) is 22.8 Å². The van der Waals surface area contributed by atoms with Crippen LogP contribution >= 0.6 is 0 Å². The lowest BCUT2D eigenvalue weighted by Crippen LogP contribution is -2.53. The average Bonchev–Trinajstić information content (AvgIpc) is 2.73. The molecular weight excluding hydrogens is 370 g/mol. The molecule has 2 aliphatic rings. The first-order valence-electron chi connectivity index (χ1n) is 9.86. The van der Waals surface area contributed by atoms with E-state index in [-0.39, 0.29) is 18.3 Å². The fourth-order valence-corrected chi connectivity index (χ4v) is 3.99. The zero-order valence-electron chi connectivity index (χ0n) is 16.8. The molecule has 2 heterocycles. The van der Waals surface area contributed by atoms with Gasteiger partial charge in [0, 0.05) is 25.9 Å². The van der Waals surface area contributed by atoms with E-state index in [1.54, 1.807) is 30.2 Å². The Balaban J connectivity index is 1.37. The number of carbonyl (C=O) groups is 2. The maximum absolute atomic E-state index is 12.7. The second-order valence-electron chi connectivity index (χ2n) is 7.68. The van der Waals surface area contributed by atoms with Gasteiger partial charge in [0.25, 0.3) is 5.91 Å². The maximum Gasteiger partial charge on any atom is 0.260 e. The molecule has 1 amide bonds. The number of ether oxygens (including phenoxy) is 3.